The molecule has 9 nitrogen and oxygen atoms in total. The zero-order valence-electron chi connectivity index (χ0n) is 24.4. The highest BCUT2D eigenvalue weighted by atomic mass is 16.4. The fourth-order valence-corrected chi connectivity index (χ4v) is 5.29. The van der Waals surface area contributed by atoms with E-state index >= 15 is 0 Å². The minimum Gasteiger partial charge on any atom is -0.475 e. The summed E-state index contributed by atoms with van der Waals surface area (Å²) >= 11 is 0. The molecule has 0 saturated heterocycles. The molecule has 1 unspecified atom stereocenters. The largest absolute Gasteiger partial charge is 0.475 e. The second kappa shape index (κ2) is 13.7. The lowest BCUT2D eigenvalue weighted by atomic mass is 9.96. The van der Waals surface area contributed by atoms with Crippen molar-refractivity contribution < 1.29 is 29.1 Å². The molecule has 3 amide bonds. The van der Waals surface area contributed by atoms with E-state index < -0.39 is 35.7 Å². The van der Waals surface area contributed by atoms with Gasteiger partial charge in [-0.3, -0.25) is 19.2 Å². The van der Waals surface area contributed by atoms with Crippen LogP contribution in [-0.2, 0) is 36.8 Å². The maximum absolute atomic E-state index is 14.5. The fraction of sp³-hybridized carbons (Fsp3) is 0.265. The number of carbonyl (C=O) groups is 5. The van der Waals surface area contributed by atoms with E-state index in [1.807, 2.05) is 30.3 Å². The van der Waals surface area contributed by atoms with Crippen molar-refractivity contribution in [2.75, 3.05) is 0 Å². The number of carbonyl (C=O) groups excluding carboxylic acids is 4. The smallest absolute Gasteiger partial charge is 0.374 e. The third kappa shape index (κ3) is 7.06. The second-order valence-corrected chi connectivity index (χ2v) is 10.7. The zero-order chi connectivity index (χ0) is 31.1. The predicted octanol–water partition coefficient (Wildman–Crippen LogP) is 4.34. The van der Waals surface area contributed by atoms with Crippen molar-refractivity contribution in [1.29, 1.82) is 0 Å². The van der Waals surface area contributed by atoms with Gasteiger partial charge in [-0.25, -0.2) is 14.8 Å². The molecule has 1 aliphatic heterocycles. The summed E-state index contributed by atoms with van der Waals surface area (Å²) in [5.74, 6) is -4.92. The number of Topliss-reactive ketones (excluding diaryl/α,β-unsaturated/α-hetero) is 1. The van der Waals surface area contributed by atoms with Crippen LogP contribution in [0.1, 0.15) is 43.9 Å². The molecule has 9 heteroatoms. The Bertz CT molecular complexity index is 1500. The van der Waals surface area contributed by atoms with Crippen molar-refractivity contribution in [3.05, 3.63) is 114 Å². The minimum absolute atomic E-state index is 0.135. The van der Waals surface area contributed by atoms with E-state index in [0.717, 1.165) is 15.6 Å². The van der Waals surface area contributed by atoms with Crippen molar-refractivity contribution >= 4 is 35.2 Å². The van der Waals surface area contributed by atoms with Gasteiger partial charge in [0.1, 0.15) is 12.1 Å². The highest BCUT2D eigenvalue weighted by molar-refractivity contribution is 6.35. The Hall–Kier alpha value is -5.05. The van der Waals surface area contributed by atoms with Crippen molar-refractivity contribution in [2.45, 2.75) is 52.1 Å². The van der Waals surface area contributed by atoms with Crippen LogP contribution in [0.5, 0.6) is 0 Å². The Morgan fingerprint density at radius 1 is 0.837 bits per heavy atom. The standard InChI is InChI=1S/C34H35N3O6/c1-23(2)31-33(41)37(36(24(3)38)28(32(40)34(42)43)21-26-15-9-5-10-16-26)29(27-17-11-6-12-18-27)22-35(31)30(39)20-19-25-13-7-4-8-14-25/h4-18,22-23,28,31H,19-21H2,1-3H3,(H,42,43)/t28-,31?/m0/s1. The Kier molecular flexibility index (Phi) is 9.87. The lowest BCUT2D eigenvalue weighted by molar-refractivity contribution is -0.171. The van der Waals surface area contributed by atoms with Gasteiger partial charge in [0, 0.05) is 31.5 Å². The minimum atomic E-state index is -1.72. The van der Waals surface area contributed by atoms with Gasteiger partial charge >= 0.3 is 5.97 Å². The first-order valence-corrected chi connectivity index (χ1v) is 14.2. The molecule has 0 spiro atoms. The van der Waals surface area contributed by atoms with E-state index in [-0.39, 0.29) is 30.4 Å². The molecule has 0 aliphatic carbocycles. The number of amides is 3. The van der Waals surface area contributed by atoms with E-state index in [0.29, 0.717) is 17.5 Å². The first-order valence-electron chi connectivity index (χ1n) is 14.2. The van der Waals surface area contributed by atoms with Crippen LogP contribution < -0.4 is 0 Å². The van der Waals surface area contributed by atoms with Crippen molar-refractivity contribution in [3.8, 4) is 0 Å². The van der Waals surface area contributed by atoms with Crippen molar-refractivity contribution in [3.63, 3.8) is 0 Å². The van der Waals surface area contributed by atoms with E-state index in [1.165, 1.54) is 18.0 Å². The van der Waals surface area contributed by atoms with Crippen LogP contribution in [0.25, 0.3) is 5.70 Å². The van der Waals surface area contributed by atoms with Gasteiger partial charge in [0.15, 0.2) is 0 Å². The molecule has 0 fully saturated rings. The molecule has 1 N–H and O–H groups in total. The first-order chi connectivity index (χ1) is 20.6. The van der Waals surface area contributed by atoms with Crippen LogP contribution in [0.2, 0.25) is 0 Å². The number of aliphatic carboxylic acids is 1. The van der Waals surface area contributed by atoms with Gasteiger partial charge in [0.25, 0.3) is 11.7 Å². The van der Waals surface area contributed by atoms with Crippen LogP contribution in [-0.4, -0.2) is 61.6 Å². The Labute approximate surface area is 251 Å². The molecule has 1 heterocycles. The second-order valence-electron chi connectivity index (χ2n) is 10.7. The summed E-state index contributed by atoms with van der Waals surface area (Å²) in [6.07, 6.45) is 2.02. The zero-order valence-corrected chi connectivity index (χ0v) is 24.4. The molecule has 0 bridgehead atoms. The highest BCUT2D eigenvalue weighted by Crippen LogP contribution is 2.33. The van der Waals surface area contributed by atoms with Crippen molar-refractivity contribution in [2.24, 2.45) is 5.92 Å². The Balaban J connectivity index is 1.84. The maximum Gasteiger partial charge on any atom is 0.374 e. The number of aryl methyl sites for hydroxylation is 1. The van der Waals surface area contributed by atoms with E-state index in [1.54, 1.807) is 74.5 Å². The summed E-state index contributed by atoms with van der Waals surface area (Å²) in [6, 6.07) is 24.4. The van der Waals surface area contributed by atoms with E-state index in [2.05, 4.69) is 0 Å². The molecule has 0 aromatic heterocycles. The quantitative estimate of drug-likeness (QED) is 0.337. The third-order valence-corrected chi connectivity index (χ3v) is 7.33. The molecule has 43 heavy (non-hydrogen) atoms. The van der Waals surface area contributed by atoms with Crippen molar-refractivity contribution in [1.82, 2.24) is 14.9 Å². The Morgan fingerprint density at radius 3 is 1.88 bits per heavy atom. The number of hydrazine groups is 1. The van der Waals surface area contributed by atoms with Gasteiger partial charge < -0.3 is 10.0 Å². The predicted molar refractivity (Wildman–Crippen MR) is 161 cm³/mol. The molecule has 3 aromatic rings. The van der Waals surface area contributed by atoms with E-state index in [9.17, 15) is 29.1 Å². The SMILES string of the molecule is CC(=O)N([C@@H](Cc1ccccc1)C(=O)C(=O)O)N1C(=O)C(C(C)C)N(C(=O)CCc2ccccc2)C=C1c1ccccc1. The summed E-state index contributed by atoms with van der Waals surface area (Å²) < 4.78 is 0. The number of ketones is 1. The molecular weight excluding hydrogens is 546 g/mol. The van der Waals surface area contributed by atoms with Crippen LogP contribution >= 0.6 is 0 Å². The summed E-state index contributed by atoms with van der Waals surface area (Å²) in [5.41, 5.74) is 2.28. The van der Waals surface area contributed by atoms with Crippen LogP contribution in [0.3, 0.4) is 0 Å². The summed E-state index contributed by atoms with van der Waals surface area (Å²) in [5, 5.41) is 11.8. The van der Waals surface area contributed by atoms with Crippen LogP contribution in [0, 0.1) is 5.92 Å². The number of carboxylic acid groups (broad SMARTS) is 1. The summed E-state index contributed by atoms with van der Waals surface area (Å²) in [7, 11) is 0. The third-order valence-electron chi connectivity index (χ3n) is 7.33. The number of rotatable bonds is 11. The molecule has 2 atom stereocenters. The molecule has 222 valence electrons. The molecule has 4 rings (SSSR count). The van der Waals surface area contributed by atoms with Gasteiger partial charge in [-0.2, -0.15) is 0 Å². The van der Waals surface area contributed by atoms with Crippen LogP contribution in [0.15, 0.2) is 97.2 Å². The normalized spacial score (nSPS) is 15.6. The molecular formula is C34H35N3O6. The monoisotopic (exact) mass is 581 g/mol. The lowest BCUT2D eigenvalue weighted by Gasteiger charge is -2.46. The number of hydrogen-bond acceptors (Lipinski definition) is 5. The van der Waals surface area contributed by atoms with Crippen LogP contribution in [0.4, 0.5) is 0 Å². The van der Waals surface area contributed by atoms with Gasteiger partial charge in [-0.15, -0.1) is 0 Å². The highest BCUT2D eigenvalue weighted by Gasteiger charge is 2.47. The lowest BCUT2D eigenvalue weighted by Crippen LogP contribution is -2.64. The molecule has 3 aromatic carbocycles. The average molecular weight is 582 g/mol. The number of nitrogens with zero attached hydrogens (tertiary/aromatic N) is 3. The average Bonchev–Trinajstić information content (AvgIpc) is 3.00. The first kappa shape index (κ1) is 30.9. The number of hydrogen-bond donors (Lipinski definition) is 1. The van der Waals surface area contributed by atoms with Gasteiger partial charge in [0.2, 0.25) is 11.8 Å². The number of carboxylic acids is 1. The molecule has 0 radical (unpaired) electrons. The maximum atomic E-state index is 14.5. The topological polar surface area (TPSA) is 115 Å². The van der Waals surface area contributed by atoms with Gasteiger partial charge in [0.05, 0.1) is 5.70 Å². The van der Waals surface area contributed by atoms with Gasteiger partial charge in [-0.05, 0) is 23.5 Å². The van der Waals surface area contributed by atoms with Gasteiger partial charge in [-0.1, -0.05) is 105 Å². The summed E-state index contributed by atoms with van der Waals surface area (Å²) in [4.78, 5) is 68.1. The van der Waals surface area contributed by atoms with E-state index in [4.69, 9.17) is 0 Å². The molecule has 0 saturated carbocycles. The Morgan fingerprint density at radius 2 is 1.37 bits per heavy atom. The fourth-order valence-electron chi connectivity index (χ4n) is 5.29. The number of benzene rings is 3. The molecule has 1 aliphatic rings. The summed E-state index contributed by atoms with van der Waals surface area (Å²) in [6.45, 7) is 4.77.